The molecule has 1 aliphatic rings. The van der Waals surface area contributed by atoms with E-state index in [1.54, 1.807) is 6.07 Å². The summed E-state index contributed by atoms with van der Waals surface area (Å²) in [4.78, 5) is 17.8. The number of pyridine rings is 1. The van der Waals surface area contributed by atoms with Crippen LogP contribution in [0.2, 0.25) is 0 Å². The van der Waals surface area contributed by atoms with Crippen molar-refractivity contribution in [1.82, 2.24) is 24.8 Å². The van der Waals surface area contributed by atoms with Gasteiger partial charge >= 0.3 is 0 Å². The third-order valence-corrected chi connectivity index (χ3v) is 5.31. The number of piperazine rings is 1. The second-order valence-corrected chi connectivity index (χ2v) is 7.33. The van der Waals surface area contributed by atoms with E-state index < -0.39 is 0 Å². The van der Waals surface area contributed by atoms with E-state index in [0.29, 0.717) is 17.5 Å². The Labute approximate surface area is 165 Å². The number of nitrogens with zero attached hydrogens (tertiary/aromatic N) is 5. The molecule has 1 saturated heterocycles. The second kappa shape index (κ2) is 8.50. The van der Waals surface area contributed by atoms with Gasteiger partial charge < -0.3 is 16.0 Å². The SMILES string of the molecule is CN1CCN(CCCNc2ncnc3nc(N)ccc23)C(c2ccccc2)C1. The van der Waals surface area contributed by atoms with Crippen LogP contribution in [0, 0.1) is 0 Å². The Hall–Kier alpha value is -2.77. The number of anilines is 2. The topological polar surface area (TPSA) is 83.2 Å². The molecule has 7 heteroatoms. The first-order chi connectivity index (χ1) is 13.7. The van der Waals surface area contributed by atoms with Gasteiger partial charge in [-0.25, -0.2) is 15.0 Å². The lowest BCUT2D eigenvalue weighted by molar-refractivity contribution is 0.0896. The zero-order valence-corrected chi connectivity index (χ0v) is 16.3. The molecule has 3 N–H and O–H groups in total. The van der Waals surface area contributed by atoms with Gasteiger partial charge in [0.2, 0.25) is 0 Å². The van der Waals surface area contributed by atoms with Crippen molar-refractivity contribution in [3.8, 4) is 0 Å². The van der Waals surface area contributed by atoms with Crippen LogP contribution in [0.1, 0.15) is 18.0 Å². The summed E-state index contributed by atoms with van der Waals surface area (Å²) in [5, 5.41) is 4.34. The van der Waals surface area contributed by atoms with E-state index in [9.17, 15) is 0 Å². The summed E-state index contributed by atoms with van der Waals surface area (Å²) in [6.07, 6.45) is 2.57. The van der Waals surface area contributed by atoms with Gasteiger partial charge in [-0.3, -0.25) is 4.90 Å². The van der Waals surface area contributed by atoms with Crippen LogP contribution >= 0.6 is 0 Å². The number of hydrogen-bond acceptors (Lipinski definition) is 7. The van der Waals surface area contributed by atoms with Crippen LogP contribution in [-0.4, -0.2) is 64.5 Å². The lowest BCUT2D eigenvalue weighted by atomic mass is 10.0. The van der Waals surface area contributed by atoms with Gasteiger partial charge in [-0.2, -0.15) is 0 Å². The highest BCUT2D eigenvalue weighted by Gasteiger charge is 2.25. The summed E-state index contributed by atoms with van der Waals surface area (Å²) < 4.78 is 0. The van der Waals surface area contributed by atoms with Crippen molar-refractivity contribution in [1.29, 1.82) is 0 Å². The highest BCUT2D eigenvalue weighted by molar-refractivity contribution is 5.86. The monoisotopic (exact) mass is 377 g/mol. The van der Waals surface area contributed by atoms with E-state index in [4.69, 9.17) is 5.73 Å². The molecule has 0 saturated carbocycles. The molecule has 2 aromatic heterocycles. The van der Waals surface area contributed by atoms with Crippen molar-refractivity contribution in [2.75, 3.05) is 50.8 Å². The van der Waals surface area contributed by atoms with Crippen molar-refractivity contribution >= 4 is 22.7 Å². The molecule has 0 radical (unpaired) electrons. The first-order valence-corrected chi connectivity index (χ1v) is 9.79. The summed E-state index contributed by atoms with van der Waals surface area (Å²) in [5.74, 6) is 1.29. The number of nitrogens with two attached hydrogens (primary N) is 1. The van der Waals surface area contributed by atoms with Gasteiger partial charge in [0, 0.05) is 38.8 Å². The Balaban J connectivity index is 1.37. The van der Waals surface area contributed by atoms with Crippen LogP contribution in [0.4, 0.5) is 11.6 Å². The molecule has 0 aliphatic carbocycles. The second-order valence-electron chi connectivity index (χ2n) is 7.33. The Kier molecular flexibility index (Phi) is 5.64. The van der Waals surface area contributed by atoms with Crippen LogP contribution in [0.3, 0.4) is 0 Å². The van der Waals surface area contributed by atoms with Crippen molar-refractivity contribution in [3.63, 3.8) is 0 Å². The third-order valence-electron chi connectivity index (χ3n) is 5.31. The molecule has 1 atom stereocenters. The lowest BCUT2D eigenvalue weighted by Crippen LogP contribution is -2.47. The summed E-state index contributed by atoms with van der Waals surface area (Å²) in [6, 6.07) is 15.0. The Morgan fingerprint density at radius 1 is 1.11 bits per heavy atom. The molecule has 0 bridgehead atoms. The number of fused-ring (bicyclic) bond motifs is 1. The standard InChI is InChI=1S/C21H27N7/c1-27-12-13-28(18(14-27)16-6-3-2-4-7-16)11-5-10-23-20-17-8-9-19(22)26-21(17)25-15-24-20/h2-4,6-9,15,18H,5,10-14H2,1H3,(H3,22,23,24,25,26). The smallest absolute Gasteiger partial charge is 0.166 e. The largest absolute Gasteiger partial charge is 0.384 e. The van der Waals surface area contributed by atoms with Gasteiger partial charge in [-0.05, 0) is 31.2 Å². The molecular weight excluding hydrogens is 350 g/mol. The highest BCUT2D eigenvalue weighted by Crippen LogP contribution is 2.25. The maximum atomic E-state index is 5.75. The fraction of sp³-hybridized carbons (Fsp3) is 0.381. The molecule has 1 unspecified atom stereocenters. The minimum absolute atomic E-state index is 0.451. The molecule has 1 aliphatic heterocycles. The minimum atomic E-state index is 0.451. The van der Waals surface area contributed by atoms with Gasteiger partial charge in [0.1, 0.15) is 18.0 Å². The molecule has 146 valence electrons. The van der Waals surface area contributed by atoms with Crippen molar-refractivity contribution in [2.24, 2.45) is 0 Å². The maximum Gasteiger partial charge on any atom is 0.166 e. The quantitative estimate of drug-likeness (QED) is 0.638. The fourth-order valence-electron chi connectivity index (χ4n) is 3.80. The maximum absolute atomic E-state index is 5.75. The third kappa shape index (κ3) is 4.21. The van der Waals surface area contributed by atoms with E-state index >= 15 is 0 Å². The van der Waals surface area contributed by atoms with Crippen LogP contribution < -0.4 is 11.1 Å². The first kappa shape index (κ1) is 18.6. The molecule has 3 aromatic rings. The summed E-state index contributed by atoms with van der Waals surface area (Å²) in [5.41, 5.74) is 7.77. The van der Waals surface area contributed by atoms with Crippen LogP contribution in [0.25, 0.3) is 11.0 Å². The molecule has 4 rings (SSSR count). The molecule has 1 aromatic carbocycles. The molecule has 28 heavy (non-hydrogen) atoms. The predicted molar refractivity (Wildman–Crippen MR) is 113 cm³/mol. The molecule has 7 nitrogen and oxygen atoms in total. The number of benzene rings is 1. The fourth-order valence-corrected chi connectivity index (χ4v) is 3.80. The van der Waals surface area contributed by atoms with E-state index in [1.807, 2.05) is 6.07 Å². The number of likely N-dealkylation sites (N-methyl/N-ethyl adjacent to an activating group) is 1. The van der Waals surface area contributed by atoms with Crippen molar-refractivity contribution in [3.05, 3.63) is 54.4 Å². The summed E-state index contributed by atoms with van der Waals surface area (Å²) in [7, 11) is 2.20. The average molecular weight is 377 g/mol. The zero-order chi connectivity index (χ0) is 19.3. The molecular formula is C21H27N7. The van der Waals surface area contributed by atoms with Crippen LogP contribution in [0.5, 0.6) is 0 Å². The Morgan fingerprint density at radius 2 is 1.96 bits per heavy atom. The minimum Gasteiger partial charge on any atom is -0.384 e. The van der Waals surface area contributed by atoms with E-state index in [0.717, 1.165) is 50.3 Å². The zero-order valence-electron chi connectivity index (χ0n) is 16.3. The number of rotatable bonds is 6. The number of nitrogens with one attached hydrogen (secondary N) is 1. The van der Waals surface area contributed by atoms with Crippen LogP contribution in [0.15, 0.2) is 48.8 Å². The van der Waals surface area contributed by atoms with Gasteiger partial charge in [0.15, 0.2) is 5.65 Å². The Morgan fingerprint density at radius 3 is 2.82 bits per heavy atom. The molecule has 3 heterocycles. The average Bonchev–Trinajstić information content (AvgIpc) is 2.72. The molecule has 0 amide bonds. The molecule has 0 spiro atoms. The van der Waals surface area contributed by atoms with E-state index in [2.05, 4.69) is 67.4 Å². The van der Waals surface area contributed by atoms with Gasteiger partial charge in [-0.15, -0.1) is 0 Å². The number of nitrogen functional groups attached to an aromatic ring is 1. The Bertz CT molecular complexity index is 915. The van der Waals surface area contributed by atoms with E-state index in [-0.39, 0.29) is 0 Å². The van der Waals surface area contributed by atoms with Crippen molar-refractivity contribution in [2.45, 2.75) is 12.5 Å². The summed E-state index contributed by atoms with van der Waals surface area (Å²) >= 11 is 0. The predicted octanol–water partition coefficient (Wildman–Crippen LogP) is 2.40. The van der Waals surface area contributed by atoms with E-state index in [1.165, 1.54) is 11.9 Å². The van der Waals surface area contributed by atoms with Crippen molar-refractivity contribution < 1.29 is 0 Å². The summed E-state index contributed by atoms with van der Waals surface area (Å²) in [6.45, 7) is 5.18. The van der Waals surface area contributed by atoms with Gasteiger partial charge in [0.05, 0.1) is 5.39 Å². The van der Waals surface area contributed by atoms with Gasteiger partial charge in [0.25, 0.3) is 0 Å². The highest BCUT2D eigenvalue weighted by atomic mass is 15.3. The van der Waals surface area contributed by atoms with Gasteiger partial charge in [-0.1, -0.05) is 30.3 Å². The van der Waals surface area contributed by atoms with Crippen LogP contribution in [-0.2, 0) is 0 Å². The molecule has 1 fully saturated rings. The lowest BCUT2D eigenvalue weighted by Gasteiger charge is -2.40. The number of hydrogen-bond donors (Lipinski definition) is 2. The number of aromatic nitrogens is 3. The first-order valence-electron chi connectivity index (χ1n) is 9.79. The normalized spacial score (nSPS) is 18.4.